The fourth-order valence-corrected chi connectivity index (χ4v) is 3.30. The smallest absolute Gasteiger partial charge is 0.0393 e. The van der Waals surface area contributed by atoms with Gasteiger partial charge in [0.15, 0.2) is 0 Å². The SMILES string of the molecule is CSC1(CNc2ccnc(C)c2)CCCC1. The Hall–Kier alpha value is -0.700. The first-order valence-corrected chi connectivity index (χ1v) is 7.18. The van der Waals surface area contributed by atoms with E-state index in [9.17, 15) is 0 Å². The largest absolute Gasteiger partial charge is 0.384 e. The number of rotatable bonds is 4. The van der Waals surface area contributed by atoms with Gasteiger partial charge >= 0.3 is 0 Å². The van der Waals surface area contributed by atoms with E-state index in [-0.39, 0.29) is 0 Å². The number of anilines is 1. The molecule has 2 nitrogen and oxygen atoms in total. The summed E-state index contributed by atoms with van der Waals surface area (Å²) in [5.41, 5.74) is 2.28. The van der Waals surface area contributed by atoms with Crippen LogP contribution in [0, 0.1) is 6.92 Å². The first-order valence-electron chi connectivity index (χ1n) is 5.96. The van der Waals surface area contributed by atoms with Crippen molar-refractivity contribution in [3.63, 3.8) is 0 Å². The van der Waals surface area contributed by atoms with Crippen molar-refractivity contribution in [2.24, 2.45) is 0 Å². The first-order chi connectivity index (χ1) is 7.74. The summed E-state index contributed by atoms with van der Waals surface area (Å²) in [6.45, 7) is 3.11. The fourth-order valence-electron chi connectivity index (χ4n) is 2.39. The lowest BCUT2D eigenvalue weighted by molar-refractivity contribution is 0.640. The number of pyridine rings is 1. The van der Waals surface area contributed by atoms with Gasteiger partial charge in [0.05, 0.1) is 0 Å². The quantitative estimate of drug-likeness (QED) is 0.866. The maximum Gasteiger partial charge on any atom is 0.0393 e. The average Bonchev–Trinajstić information content (AvgIpc) is 2.76. The van der Waals surface area contributed by atoms with E-state index in [1.54, 1.807) is 0 Å². The molecule has 1 N–H and O–H groups in total. The van der Waals surface area contributed by atoms with Crippen LogP contribution in [0.4, 0.5) is 5.69 Å². The molecule has 0 radical (unpaired) electrons. The molecule has 1 aromatic heterocycles. The molecule has 1 aromatic rings. The van der Waals surface area contributed by atoms with Crippen LogP contribution in [0.2, 0.25) is 0 Å². The van der Waals surface area contributed by atoms with Gasteiger partial charge in [-0.05, 0) is 38.2 Å². The lowest BCUT2D eigenvalue weighted by Crippen LogP contribution is -2.30. The molecule has 0 aromatic carbocycles. The minimum atomic E-state index is 0.469. The molecule has 0 spiro atoms. The molecule has 1 aliphatic rings. The highest BCUT2D eigenvalue weighted by Crippen LogP contribution is 2.40. The van der Waals surface area contributed by atoms with E-state index in [1.165, 1.54) is 31.4 Å². The van der Waals surface area contributed by atoms with Crippen molar-refractivity contribution in [1.82, 2.24) is 4.98 Å². The van der Waals surface area contributed by atoms with Gasteiger partial charge in [0.1, 0.15) is 0 Å². The molecule has 0 unspecified atom stereocenters. The van der Waals surface area contributed by atoms with Gasteiger partial charge < -0.3 is 5.32 Å². The van der Waals surface area contributed by atoms with Crippen LogP contribution in [-0.2, 0) is 0 Å². The van der Waals surface area contributed by atoms with E-state index in [0.717, 1.165) is 12.2 Å². The van der Waals surface area contributed by atoms with Gasteiger partial charge in [-0.1, -0.05) is 12.8 Å². The zero-order chi connectivity index (χ0) is 11.4. The van der Waals surface area contributed by atoms with Gasteiger partial charge in [-0.3, -0.25) is 4.98 Å². The third-order valence-electron chi connectivity index (χ3n) is 3.46. The van der Waals surface area contributed by atoms with Gasteiger partial charge in [0.25, 0.3) is 0 Å². The Labute approximate surface area is 102 Å². The Morgan fingerprint density at radius 3 is 2.81 bits per heavy atom. The number of hydrogen-bond donors (Lipinski definition) is 1. The van der Waals surface area contributed by atoms with Crippen molar-refractivity contribution in [1.29, 1.82) is 0 Å². The van der Waals surface area contributed by atoms with Crippen molar-refractivity contribution in [2.45, 2.75) is 37.4 Å². The van der Waals surface area contributed by atoms with Gasteiger partial charge in [-0.25, -0.2) is 0 Å². The number of aryl methyl sites for hydroxylation is 1. The molecule has 0 bridgehead atoms. The first kappa shape index (κ1) is 11.8. The summed E-state index contributed by atoms with van der Waals surface area (Å²) < 4.78 is 0.469. The van der Waals surface area contributed by atoms with Crippen molar-refractivity contribution in [2.75, 3.05) is 18.1 Å². The van der Waals surface area contributed by atoms with E-state index in [4.69, 9.17) is 0 Å². The topological polar surface area (TPSA) is 24.9 Å². The third-order valence-corrected chi connectivity index (χ3v) is 4.88. The molecule has 0 amide bonds. The normalized spacial score (nSPS) is 18.6. The molecule has 16 heavy (non-hydrogen) atoms. The number of thioether (sulfide) groups is 1. The van der Waals surface area contributed by atoms with Crippen LogP contribution >= 0.6 is 11.8 Å². The molecule has 0 saturated heterocycles. The zero-order valence-corrected chi connectivity index (χ0v) is 10.9. The molecular weight excluding hydrogens is 216 g/mol. The molecule has 3 heteroatoms. The van der Waals surface area contributed by atoms with Crippen LogP contribution in [-0.4, -0.2) is 22.5 Å². The number of aromatic nitrogens is 1. The average molecular weight is 236 g/mol. The Kier molecular flexibility index (Phi) is 3.74. The second kappa shape index (κ2) is 5.09. The fraction of sp³-hybridized carbons (Fsp3) is 0.615. The van der Waals surface area contributed by atoms with Crippen molar-refractivity contribution < 1.29 is 0 Å². The summed E-state index contributed by atoms with van der Waals surface area (Å²) in [5.74, 6) is 0. The number of nitrogens with one attached hydrogen (secondary N) is 1. The van der Waals surface area contributed by atoms with Crippen LogP contribution < -0.4 is 5.32 Å². The highest BCUT2D eigenvalue weighted by Gasteiger charge is 2.32. The lowest BCUT2D eigenvalue weighted by Gasteiger charge is -2.27. The van der Waals surface area contributed by atoms with Crippen molar-refractivity contribution in [3.05, 3.63) is 24.0 Å². The minimum Gasteiger partial charge on any atom is -0.384 e. The van der Waals surface area contributed by atoms with Gasteiger partial charge in [-0.2, -0.15) is 11.8 Å². The van der Waals surface area contributed by atoms with Gasteiger partial charge in [0.2, 0.25) is 0 Å². The van der Waals surface area contributed by atoms with Crippen LogP contribution in [0.15, 0.2) is 18.3 Å². The minimum absolute atomic E-state index is 0.469. The van der Waals surface area contributed by atoms with E-state index >= 15 is 0 Å². The number of hydrogen-bond acceptors (Lipinski definition) is 3. The maximum absolute atomic E-state index is 4.21. The highest BCUT2D eigenvalue weighted by molar-refractivity contribution is 8.00. The van der Waals surface area contributed by atoms with Gasteiger partial charge in [-0.15, -0.1) is 0 Å². The molecule has 2 rings (SSSR count). The summed E-state index contributed by atoms with van der Waals surface area (Å²) in [4.78, 5) is 4.21. The third kappa shape index (κ3) is 2.70. The lowest BCUT2D eigenvalue weighted by atomic mass is 10.1. The summed E-state index contributed by atoms with van der Waals surface area (Å²) >= 11 is 2.03. The zero-order valence-electron chi connectivity index (χ0n) is 10.1. The van der Waals surface area contributed by atoms with E-state index < -0.39 is 0 Å². The Morgan fingerprint density at radius 1 is 1.44 bits per heavy atom. The summed E-state index contributed by atoms with van der Waals surface area (Å²) in [7, 11) is 0. The highest BCUT2D eigenvalue weighted by atomic mass is 32.2. The monoisotopic (exact) mass is 236 g/mol. The molecule has 88 valence electrons. The molecule has 1 fully saturated rings. The second-order valence-corrected chi connectivity index (χ2v) is 5.91. The van der Waals surface area contributed by atoms with Crippen LogP contribution in [0.5, 0.6) is 0 Å². The summed E-state index contributed by atoms with van der Waals surface area (Å²) in [6, 6.07) is 4.17. The van der Waals surface area contributed by atoms with Crippen LogP contribution in [0.1, 0.15) is 31.4 Å². The molecule has 0 aliphatic heterocycles. The number of nitrogens with zero attached hydrogens (tertiary/aromatic N) is 1. The maximum atomic E-state index is 4.21. The summed E-state index contributed by atoms with van der Waals surface area (Å²) in [6.07, 6.45) is 9.59. The Balaban J connectivity index is 1.95. The van der Waals surface area contributed by atoms with Crippen molar-refractivity contribution >= 4 is 17.4 Å². The van der Waals surface area contributed by atoms with E-state index in [2.05, 4.69) is 28.7 Å². The second-order valence-electron chi connectivity index (χ2n) is 4.63. The predicted molar refractivity (Wildman–Crippen MR) is 72.2 cm³/mol. The van der Waals surface area contributed by atoms with E-state index in [0.29, 0.717) is 4.75 Å². The van der Waals surface area contributed by atoms with Gasteiger partial charge in [0, 0.05) is 28.9 Å². The standard InChI is InChI=1S/C13H20N2S/c1-11-9-12(5-8-14-11)15-10-13(16-2)6-3-4-7-13/h5,8-9H,3-4,6-7,10H2,1-2H3,(H,14,15). The molecule has 1 heterocycles. The van der Waals surface area contributed by atoms with E-state index in [1.807, 2.05) is 24.9 Å². The molecule has 1 aliphatic carbocycles. The van der Waals surface area contributed by atoms with Crippen LogP contribution in [0.3, 0.4) is 0 Å². The molecule has 0 atom stereocenters. The summed E-state index contributed by atoms with van der Waals surface area (Å²) in [5, 5.41) is 3.56. The Morgan fingerprint density at radius 2 is 2.19 bits per heavy atom. The van der Waals surface area contributed by atoms with Crippen LogP contribution in [0.25, 0.3) is 0 Å². The predicted octanol–water partition coefficient (Wildman–Crippen LogP) is 3.48. The Bertz CT molecular complexity index is 346. The molecular formula is C13H20N2S. The van der Waals surface area contributed by atoms with Crippen molar-refractivity contribution in [3.8, 4) is 0 Å². The molecule has 1 saturated carbocycles.